The molecule has 2 aromatic carbocycles. The van der Waals surface area contributed by atoms with E-state index in [1.807, 2.05) is 6.07 Å². The third kappa shape index (κ3) is 4.33. The number of benzene rings is 2. The molecule has 0 unspecified atom stereocenters. The van der Waals surface area contributed by atoms with E-state index in [0.717, 1.165) is 30.9 Å². The molecule has 0 bridgehead atoms. The SMILES string of the molecule is COc1cc(NCc2cccc(NC(=O)C3CCC3)c2)c([N+](=O)[O-])cc1F. The normalized spacial score (nSPS) is 13.6. The molecule has 7 nitrogen and oxygen atoms in total. The van der Waals surface area contributed by atoms with Crippen LogP contribution in [0.25, 0.3) is 0 Å². The molecule has 0 heterocycles. The maximum atomic E-state index is 13.7. The number of hydrogen-bond acceptors (Lipinski definition) is 5. The molecule has 0 saturated heterocycles. The van der Waals surface area contributed by atoms with Crippen molar-refractivity contribution >= 4 is 23.0 Å². The van der Waals surface area contributed by atoms with E-state index in [2.05, 4.69) is 10.6 Å². The molecule has 0 spiro atoms. The van der Waals surface area contributed by atoms with Gasteiger partial charge in [0.25, 0.3) is 5.69 Å². The van der Waals surface area contributed by atoms with Gasteiger partial charge in [-0.1, -0.05) is 18.6 Å². The number of amides is 1. The Morgan fingerprint density at radius 2 is 2.11 bits per heavy atom. The van der Waals surface area contributed by atoms with Gasteiger partial charge in [-0.05, 0) is 30.5 Å². The number of nitro benzene ring substituents is 1. The Kier molecular flexibility index (Phi) is 5.54. The van der Waals surface area contributed by atoms with E-state index >= 15 is 0 Å². The van der Waals surface area contributed by atoms with Crippen molar-refractivity contribution < 1.29 is 18.8 Å². The largest absolute Gasteiger partial charge is 0.494 e. The fraction of sp³-hybridized carbons (Fsp3) is 0.316. The average Bonchev–Trinajstić information content (AvgIpc) is 2.59. The number of nitrogens with one attached hydrogen (secondary N) is 2. The number of methoxy groups -OCH3 is 1. The van der Waals surface area contributed by atoms with E-state index in [4.69, 9.17) is 4.74 Å². The van der Waals surface area contributed by atoms with Crippen LogP contribution in [0, 0.1) is 21.8 Å². The summed E-state index contributed by atoms with van der Waals surface area (Å²) in [6.45, 7) is 0.267. The van der Waals surface area contributed by atoms with Gasteiger partial charge in [0, 0.05) is 24.2 Å². The fourth-order valence-electron chi connectivity index (χ4n) is 2.86. The van der Waals surface area contributed by atoms with E-state index in [-0.39, 0.29) is 35.5 Å². The highest BCUT2D eigenvalue weighted by atomic mass is 19.1. The van der Waals surface area contributed by atoms with E-state index in [0.29, 0.717) is 5.69 Å². The zero-order valence-corrected chi connectivity index (χ0v) is 14.8. The van der Waals surface area contributed by atoms with E-state index in [1.54, 1.807) is 18.2 Å². The van der Waals surface area contributed by atoms with Crippen molar-refractivity contribution in [3.8, 4) is 5.75 Å². The first-order valence-corrected chi connectivity index (χ1v) is 8.63. The lowest BCUT2D eigenvalue weighted by Gasteiger charge is -2.24. The van der Waals surface area contributed by atoms with Crippen LogP contribution < -0.4 is 15.4 Å². The molecule has 1 amide bonds. The fourth-order valence-corrected chi connectivity index (χ4v) is 2.86. The Labute approximate surface area is 155 Å². The Bertz CT molecular complexity index is 868. The first-order chi connectivity index (χ1) is 13.0. The number of ether oxygens (including phenoxy) is 1. The maximum Gasteiger partial charge on any atom is 0.295 e. The average molecular weight is 373 g/mol. The predicted molar refractivity (Wildman–Crippen MR) is 99.3 cm³/mol. The van der Waals surface area contributed by atoms with Gasteiger partial charge in [0.05, 0.1) is 18.1 Å². The van der Waals surface area contributed by atoms with Crippen molar-refractivity contribution in [2.45, 2.75) is 25.8 Å². The summed E-state index contributed by atoms with van der Waals surface area (Å²) in [5.74, 6) is -0.772. The molecule has 0 aromatic heterocycles. The molecule has 0 atom stereocenters. The summed E-state index contributed by atoms with van der Waals surface area (Å²) in [6, 6.07) is 9.32. The number of hydrogen-bond donors (Lipinski definition) is 2. The second-order valence-electron chi connectivity index (χ2n) is 6.43. The van der Waals surface area contributed by atoms with Gasteiger partial charge >= 0.3 is 0 Å². The zero-order chi connectivity index (χ0) is 19.4. The molecule has 3 rings (SSSR count). The highest BCUT2D eigenvalue weighted by Crippen LogP contribution is 2.32. The van der Waals surface area contributed by atoms with Gasteiger partial charge in [0.15, 0.2) is 11.6 Å². The minimum atomic E-state index is -0.796. The number of nitrogens with zero attached hydrogens (tertiary/aromatic N) is 1. The minimum absolute atomic E-state index is 0.0188. The van der Waals surface area contributed by atoms with Crippen LogP contribution in [0.5, 0.6) is 5.75 Å². The number of nitro groups is 1. The lowest BCUT2D eigenvalue weighted by atomic mass is 9.85. The molecular formula is C19H20FN3O4. The van der Waals surface area contributed by atoms with Gasteiger partial charge in [0.2, 0.25) is 5.91 Å². The molecule has 1 fully saturated rings. The molecule has 1 aliphatic carbocycles. The third-order valence-electron chi connectivity index (χ3n) is 4.62. The standard InChI is InChI=1S/C19H20FN3O4/c1-27-18-10-16(17(23(25)26)9-15(18)20)21-11-12-4-2-7-14(8-12)22-19(24)13-5-3-6-13/h2,4,7-10,13,21H,3,5-6,11H2,1H3,(H,22,24). The van der Waals surface area contributed by atoms with E-state index in [9.17, 15) is 19.3 Å². The van der Waals surface area contributed by atoms with Gasteiger partial charge in [-0.25, -0.2) is 4.39 Å². The smallest absolute Gasteiger partial charge is 0.295 e. The van der Waals surface area contributed by atoms with Crippen molar-refractivity contribution in [3.05, 3.63) is 57.9 Å². The van der Waals surface area contributed by atoms with Crippen molar-refractivity contribution in [3.63, 3.8) is 0 Å². The van der Waals surface area contributed by atoms with Crippen LogP contribution in [0.3, 0.4) is 0 Å². The monoisotopic (exact) mass is 373 g/mol. The first-order valence-electron chi connectivity index (χ1n) is 8.63. The van der Waals surface area contributed by atoms with E-state index < -0.39 is 10.7 Å². The van der Waals surface area contributed by atoms with E-state index in [1.165, 1.54) is 13.2 Å². The van der Waals surface area contributed by atoms with Gasteiger partial charge in [-0.2, -0.15) is 0 Å². The Hall–Kier alpha value is -3.16. The second kappa shape index (κ2) is 8.03. The number of anilines is 2. The van der Waals surface area contributed by atoms with Crippen LogP contribution in [0.4, 0.5) is 21.5 Å². The van der Waals surface area contributed by atoms with Crippen LogP contribution in [0.1, 0.15) is 24.8 Å². The Morgan fingerprint density at radius 1 is 1.33 bits per heavy atom. The molecule has 27 heavy (non-hydrogen) atoms. The van der Waals surface area contributed by atoms with Crippen LogP contribution in [-0.2, 0) is 11.3 Å². The lowest BCUT2D eigenvalue weighted by molar-refractivity contribution is -0.384. The maximum absolute atomic E-state index is 13.7. The van der Waals surface area contributed by atoms with Crippen LogP contribution in [0.15, 0.2) is 36.4 Å². The molecule has 8 heteroatoms. The summed E-state index contributed by atoms with van der Waals surface area (Å²) >= 11 is 0. The predicted octanol–water partition coefficient (Wildman–Crippen LogP) is 4.09. The van der Waals surface area contributed by atoms with Crippen LogP contribution in [0.2, 0.25) is 0 Å². The summed E-state index contributed by atoms with van der Waals surface area (Å²) in [4.78, 5) is 22.6. The van der Waals surface area contributed by atoms with Crippen molar-refractivity contribution in [2.75, 3.05) is 17.7 Å². The summed E-state index contributed by atoms with van der Waals surface area (Å²) in [5.41, 5.74) is 1.28. The van der Waals surface area contributed by atoms with Gasteiger partial charge < -0.3 is 15.4 Å². The van der Waals surface area contributed by atoms with Crippen LogP contribution in [-0.4, -0.2) is 17.9 Å². The van der Waals surface area contributed by atoms with Gasteiger partial charge in [-0.15, -0.1) is 0 Å². The molecule has 0 radical (unpaired) electrons. The van der Waals surface area contributed by atoms with Crippen molar-refractivity contribution in [1.82, 2.24) is 0 Å². The highest BCUT2D eigenvalue weighted by Gasteiger charge is 2.25. The molecule has 2 N–H and O–H groups in total. The molecule has 0 aliphatic heterocycles. The molecular weight excluding hydrogens is 353 g/mol. The topological polar surface area (TPSA) is 93.5 Å². The Balaban J connectivity index is 1.72. The molecule has 2 aromatic rings. The molecule has 142 valence electrons. The zero-order valence-electron chi connectivity index (χ0n) is 14.8. The van der Waals surface area contributed by atoms with Crippen molar-refractivity contribution in [2.24, 2.45) is 5.92 Å². The lowest BCUT2D eigenvalue weighted by Crippen LogP contribution is -2.28. The van der Waals surface area contributed by atoms with Crippen molar-refractivity contribution in [1.29, 1.82) is 0 Å². The third-order valence-corrected chi connectivity index (χ3v) is 4.62. The first kappa shape index (κ1) is 18.6. The van der Waals surface area contributed by atoms with Crippen LogP contribution >= 0.6 is 0 Å². The summed E-state index contributed by atoms with van der Waals surface area (Å²) in [6.07, 6.45) is 2.92. The summed E-state index contributed by atoms with van der Waals surface area (Å²) in [7, 11) is 1.29. The minimum Gasteiger partial charge on any atom is -0.494 e. The molecule has 1 aliphatic rings. The van der Waals surface area contributed by atoms with Gasteiger partial charge in [0.1, 0.15) is 5.69 Å². The molecule has 1 saturated carbocycles. The quantitative estimate of drug-likeness (QED) is 0.563. The number of carbonyl (C=O) groups is 1. The summed E-state index contributed by atoms with van der Waals surface area (Å²) < 4.78 is 18.6. The Morgan fingerprint density at radius 3 is 2.74 bits per heavy atom. The second-order valence-corrected chi connectivity index (χ2v) is 6.43. The number of rotatable bonds is 7. The number of carbonyl (C=O) groups excluding carboxylic acids is 1. The van der Waals surface area contributed by atoms with Gasteiger partial charge in [-0.3, -0.25) is 14.9 Å². The highest BCUT2D eigenvalue weighted by molar-refractivity contribution is 5.93. The summed E-state index contributed by atoms with van der Waals surface area (Å²) in [5, 5.41) is 17.0. The number of halogens is 1.